The van der Waals surface area contributed by atoms with Crippen molar-refractivity contribution in [2.45, 2.75) is 12.7 Å². The van der Waals surface area contributed by atoms with Crippen molar-refractivity contribution < 1.29 is 14.3 Å². The molecule has 128 valence electrons. The summed E-state index contributed by atoms with van der Waals surface area (Å²) >= 11 is 7.49. The minimum atomic E-state index is -0.104. The maximum absolute atomic E-state index is 12.1. The molecule has 1 amide bonds. The molecule has 0 spiro atoms. The molecule has 6 heteroatoms. The highest BCUT2D eigenvalue weighted by molar-refractivity contribution is 7.99. The molecule has 0 unspecified atom stereocenters. The van der Waals surface area contributed by atoms with Crippen molar-refractivity contribution >= 4 is 35.0 Å². The van der Waals surface area contributed by atoms with Crippen molar-refractivity contribution in [2.24, 2.45) is 0 Å². The predicted octanol–water partition coefficient (Wildman–Crippen LogP) is 4.54. The number of thioether (sulfide) groups is 1. The molecule has 1 N–H and O–H groups in total. The Kier molecular flexibility index (Phi) is 6.82. The molecule has 0 saturated heterocycles. The fraction of sp³-hybridized carbons (Fsp3) is 0.278. The molecule has 0 heterocycles. The van der Waals surface area contributed by atoms with Crippen LogP contribution in [-0.4, -0.2) is 25.9 Å². The summed E-state index contributed by atoms with van der Waals surface area (Å²) in [5.41, 5.74) is 2.82. The summed E-state index contributed by atoms with van der Waals surface area (Å²) < 4.78 is 10.6. The number of benzene rings is 2. The zero-order valence-electron chi connectivity index (χ0n) is 13.9. The number of hydrogen-bond acceptors (Lipinski definition) is 4. The number of nitrogens with one attached hydrogen (secondary N) is 1. The third-order valence-corrected chi connectivity index (χ3v) is 4.58. The summed E-state index contributed by atoms with van der Waals surface area (Å²) in [5.74, 6) is 2.34. The minimum Gasteiger partial charge on any atom is -0.496 e. The van der Waals surface area contributed by atoms with Crippen LogP contribution in [0.3, 0.4) is 0 Å². The van der Waals surface area contributed by atoms with Crippen LogP contribution in [0.4, 0.5) is 5.69 Å². The number of methoxy groups -OCH3 is 2. The van der Waals surface area contributed by atoms with E-state index in [2.05, 4.69) is 11.4 Å². The number of hydrogen-bond donors (Lipinski definition) is 1. The Bertz CT molecular complexity index is 721. The number of anilines is 1. The van der Waals surface area contributed by atoms with Crippen molar-refractivity contribution in [3.63, 3.8) is 0 Å². The lowest BCUT2D eigenvalue weighted by atomic mass is 10.1. The van der Waals surface area contributed by atoms with Gasteiger partial charge in [-0.2, -0.15) is 0 Å². The van der Waals surface area contributed by atoms with E-state index in [0.29, 0.717) is 28.0 Å². The summed E-state index contributed by atoms with van der Waals surface area (Å²) in [5, 5.41) is 3.37. The summed E-state index contributed by atoms with van der Waals surface area (Å²) in [6.45, 7) is 2.03. The van der Waals surface area contributed by atoms with E-state index in [1.165, 1.54) is 17.3 Å². The molecule has 0 aliphatic heterocycles. The molecular formula is C18H20ClNO3S. The van der Waals surface area contributed by atoms with Gasteiger partial charge in [0, 0.05) is 16.3 Å². The molecule has 2 rings (SSSR count). The highest BCUT2D eigenvalue weighted by Crippen LogP contribution is 2.28. The molecule has 2 aromatic rings. The van der Waals surface area contributed by atoms with Gasteiger partial charge in [0.15, 0.2) is 0 Å². The Hall–Kier alpha value is -1.85. The van der Waals surface area contributed by atoms with Gasteiger partial charge in [0.2, 0.25) is 5.91 Å². The van der Waals surface area contributed by atoms with Gasteiger partial charge >= 0.3 is 0 Å². The van der Waals surface area contributed by atoms with Gasteiger partial charge in [-0.15, -0.1) is 11.8 Å². The van der Waals surface area contributed by atoms with E-state index in [9.17, 15) is 4.79 Å². The zero-order chi connectivity index (χ0) is 17.5. The van der Waals surface area contributed by atoms with Gasteiger partial charge in [0.05, 0.1) is 25.7 Å². The third-order valence-electron chi connectivity index (χ3n) is 3.36. The quantitative estimate of drug-likeness (QED) is 0.782. The smallest absolute Gasteiger partial charge is 0.234 e. The van der Waals surface area contributed by atoms with Gasteiger partial charge in [-0.05, 0) is 31.2 Å². The van der Waals surface area contributed by atoms with Crippen molar-refractivity contribution in [2.75, 3.05) is 25.3 Å². The SMILES string of the molecule is COc1ccc(C)cc1CSCC(=O)Nc1cc(Cl)ccc1OC. The van der Waals surface area contributed by atoms with Crippen molar-refractivity contribution in [3.05, 3.63) is 52.5 Å². The largest absolute Gasteiger partial charge is 0.496 e. The molecular weight excluding hydrogens is 346 g/mol. The first-order chi connectivity index (χ1) is 11.5. The van der Waals surface area contributed by atoms with Crippen molar-refractivity contribution in [3.8, 4) is 11.5 Å². The lowest BCUT2D eigenvalue weighted by Gasteiger charge is -2.11. The average Bonchev–Trinajstić information content (AvgIpc) is 2.55. The van der Waals surface area contributed by atoms with E-state index in [0.717, 1.165) is 11.3 Å². The zero-order valence-corrected chi connectivity index (χ0v) is 15.5. The predicted molar refractivity (Wildman–Crippen MR) is 101 cm³/mol. The Labute approximate surface area is 151 Å². The molecule has 0 radical (unpaired) electrons. The minimum absolute atomic E-state index is 0.104. The van der Waals surface area contributed by atoms with Crippen LogP contribution in [0.2, 0.25) is 5.02 Å². The third kappa shape index (κ3) is 5.08. The standard InChI is InChI=1S/C18H20ClNO3S/c1-12-4-6-16(22-2)13(8-12)10-24-11-18(21)20-15-9-14(19)5-7-17(15)23-3/h4-9H,10-11H2,1-3H3,(H,20,21). The summed E-state index contributed by atoms with van der Waals surface area (Å²) in [6.07, 6.45) is 0. The topological polar surface area (TPSA) is 47.6 Å². The Morgan fingerprint density at radius 1 is 1.12 bits per heavy atom. The molecule has 0 bridgehead atoms. The van der Waals surface area contributed by atoms with E-state index >= 15 is 0 Å². The fourth-order valence-corrected chi connectivity index (χ4v) is 3.22. The van der Waals surface area contributed by atoms with Crippen molar-refractivity contribution in [1.82, 2.24) is 0 Å². The van der Waals surface area contributed by atoms with Gasteiger partial charge in [0.1, 0.15) is 11.5 Å². The van der Waals surface area contributed by atoms with E-state index in [-0.39, 0.29) is 5.91 Å². The second-order valence-corrected chi connectivity index (χ2v) is 6.62. The van der Waals surface area contributed by atoms with Gasteiger partial charge in [-0.3, -0.25) is 4.79 Å². The number of rotatable bonds is 7. The Balaban J connectivity index is 1.92. The number of carbonyl (C=O) groups is 1. The molecule has 0 fully saturated rings. The molecule has 4 nitrogen and oxygen atoms in total. The maximum atomic E-state index is 12.1. The molecule has 0 aromatic heterocycles. The van der Waals surface area contributed by atoms with E-state index < -0.39 is 0 Å². The monoisotopic (exact) mass is 365 g/mol. The van der Waals surface area contributed by atoms with Crippen LogP contribution in [0.25, 0.3) is 0 Å². The highest BCUT2D eigenvalue weighted by Gasteiger charge is 2.10. The maximum Gasteiger partial charge on any atom is 0.234 e. The second kappa shape index (κ2) is 8.85. The fourth-order valence-electron chi connectivity index (χ4n) is 2.24. The molecule has 0 saturated carbocycles. The summed E-state index contributed by atoms with van der Waals surface area (Å²) in [7, 11) is 3.20. The van der Waals surface area contributed by atoms with Crippen molar-refractivity contribution in [1.29, 1.82) is 0 Å². The van der Waals surface area contributed by atoms with E-state index in [1.54, 1.807) is 32.4 Å². The number of halogens is 1. The van der Waals surface area contributed by atoms with Crippen LogP contribution in [-0.2, 0) is 10.5 Å². The average molecular weight is 366 g/mol. The van der Waals surface area contributed by atoms with Crippen LogP contribution in [0.5, 0.6) is 11.5 Å². The molecule has 24 heavy (non-hydrogen) atoms. The first-order valence-corrected chi connectivity index (χ1v) is 8.91. The van der Waals surface area contributed by atoms with Gasteiger partial charge in [0.25, 0.3) is 0 Å². The lowest BCUT2D eigenvalue weighted by Crippen LogP contribution is -2.15. The second-order valence-electron chi connectivity index (χ2n) is 5.20. The summed E-state index contributed by atoms with van der Waals surface area (Å²) in [4.78, 5) is 12.1. The highest BCUT2D eigenvalue weighted by atomic mass is 35.5. The lowest BCUT2D eigenvalue weighted by molar-refractivity contribution is -0.113. The number of carbonyl (C=O) groups excluding carboxylic acids is 1. The van der Waals surface area contributed by atoms with Crippen LogP contribution in [0, 0.1) is 6.92 Å². The first kappa shape index (κ1) is 18.5. The van der Waals surface area contributed by atoms with Crippen LogP contribution in [0.1, 0.15) is 11.1 Å². The number of amides is 1. The Morgan fingerprint density at radius 3 is 2.54 bits per heavy atom. The van der Waals surface area contributed by atoms with E-state index in [4.69, 9.17) is 21.1 Å². The van der Waals surface area contributed by atoms with Crippen LogP contribution in [0.15, 0.2) is 36.4 Å². The molecule has 2 aromatic carbocycles. The van der Waals surface area contributed by atoms with Gasteiger partial charge < -0.3 is 14.8 Å². The molecule has 0 atom stereocenters. The number of ether oxygens (including phenoxy) is 2. The molecule has 0 aliphatic carbocycles. The van der Waals surface area contributed by atoms with E-state index in [1.807, 2.05) is 19.1 Å². The number of aryl methyl sites for hydroxylation is 1. The summed E-state index contributed by atoms with van der Waals surface area (Å²) in [6, 6.07) is 11.1. The first-order valence-electron chi connectivity index (χ1n) is 7.38. The van der Waals surface area contributed by atoms with Crippen LogP contribution >= 0.6 is 23.4 Å². The van der Waals surface area contributed by atoms with Gasteiger partial charge in [-0.1, -0.05) is 29.3 Å². The molecule has 0 aliphatic rings. The Morgan fingerprint density at radius 2 is 1.83 bits per heavy atom. The van der Waals surface area contributed by atoms with Crippen LogP contribution < -0.4 is 14.8 Å². The van der Waals surface area contributed by atoms with Gasteiger partial charge in [-0.25, -0.2) is 0 Å². The normalized spacial score (nSPS) is 10.3.